The highest BCUT2D eigenvalue weighted by molar-refractivity contribution is 6.18. The molecule has 0 aliphatic heterocycles. The molecule has 12 heavy (non-hydrogen) atoms. The van der Waals surface area contributed by atoms with Crippen LogP contribution in [0.3, 0.4) is 0 Å². The Bertz CT molecular complexity index is 119. The van der Waals surface area contributed by atoms with E-state index in [1.54, 1.807) is 0 Å². The van der Waals surface area contributed by atoms with Gasteiger partial charge in [0.2, 0.25) is 0 Å². The van der Waals surface area contributed by atoms with Gasteiger partial charge in [0, 0.05) is 19.1 Å². The van der Waals surface area contributed by atoms with E-state index in [1.807, 2.05) is 6.92 Å². The normalized spacial score (nSPS) is 21.5. The summed E-state index contributed by atoms with van der Waals surface area (Å²) < 4.78 is 5.36. The van der Waals surface area contributed by atoms with Crippen molar-refractivity contribution in [3.05, 3.63) is 0 Å². The van der Waals surface area contributed by atoms with Crippen LogP contribution in [-0.4, -0.2) is 19.1 Å². The van der Waals surface area contributed by atoms with E-state index < -0.39 is 0 Å². The van der Waals surface area contributed by atoms with E-state index in [2.05, 4.69) is 0 Å². The molecule has 1 aliphatic carbocycles. The van der Waals surface area contributed by atoms with E-state index in [9.17, 15) is 0 Å². The first-order chi connectivity index (χ1) is 5.83. The van der Waals surface area contributed by atoms with E-state index in [0.717, 1.165) is 25.5 Å². The van der Waals surface area contributed by atoms with Crippen LogP contribution in [0.4, 0.5) is 0 Å². The first kappa shape index (κ1) is 10.3. The molecule has 1 saturated carbocycles. The molecular formula is C10H19ClO. The summed E-state index contributed by atoms with van der Waals surface area (Å²) in [7, 11) is 0. The maximum Gasteiger partial charge on any atom is 0.0471 e. The van der Waals surface area contributed by atoms with Crippen LogP contribution in [0.15, 0.2) is 0 Å². The Kier molecular flexibility index (Phi) is 4.38. The lowest BCUT2D eigenvalue weighted by Gasteiger charge is -2.25. The van der Waals surface area contributed by atoms with E-state index in [0.29, 0.717) is 5.41 Å². The van der Waals surface area contributed by atoms with E-state index in [4.69, 9.17) is 16.3 Å². The molecule has 1 nitrogen and oxygen atoms in total. The molecule has 0 atom stereocenters. The molecule has 0 heterocycles. The summed E-state index contributed by atoms with van der Waals surface area (Å²) in [4.78, 5) is 0. The second kappa shape index (κ2) is 5.08. The van der Waals surface area contributed by atoms with Gasteiger partial charge in [-0.15, -0.1) is 11.6 Å². The summed E-state index contributed by atoms with van der Waals surface area (Å²) >= 11 is 5.99. The zero-order chi connectivity index (χ0) is 8.86. The number of rotatable bonds is 5. The van der Waals surface area contributed by atoms with Crippen LogP contribution in [-0.2, 0) is 4.74 Å². The Balaban J connectivity index is 2.24. The van der Waals surface area contributed by atoms with Gasteiger partial charge in [0.15, 0.2) is 0 Å². The van der Waals surface area contributed by atoms with Crippen LogP contribution in [0, 0.1) is 5.41 Å². The highest BCUT2D eigenvalue weighted by atomic mass is 35.5. The summed E-state index contributed by atoms with van der Waals surface area (Å²) in [6.45, 7) is 3.77. The third kappa shape index (κ3) is 2.63. The standard InChI is InChI=1S/C10H19ClO/c1-2-12-8-7-10(9-11)5-3-4-6-10/h2-9H2,1H3. The fourth-order valence-electron chi connectivity index (χ4n) is 2.01. The Hall–Kier alpha value is 0.250. The van der Waals surface area contributed by atoms with Gasteiger partial charge in [0.25, 0.3) is 0 Å². The van der Waals surface area contributed by atoms with Crippen molar-refractivity contribution in [1.82, 2.24) is 0 Å². The van der Waals surface area contributed by atoms with Gasteiger partial charge in [-0.25, -0.2) is 0 Å². The lowest BCUT2D eigenvalue weighted by molar-refractivity contribution is 0.111. The van der Waals surface area contributed by atoms with Crippen LogP contribution in [0.2, 0.25) is 0 Å². The molecular weight excluding hydrogens is 172 g/mol. The lowest BCUT2D eigenvalue weighted by atomic mass is 9.85. The molecule has 0 aromatic heterocycles. The van der Waals surface area contributed by atoms with Gasteiger partial charge < -0.3 is 4.74 Å². The van der Waals surface area contributed by atoms with E-state index >= 15 is 0 Å². The average molecular weight is 191 g/mol. The van der Waals surface area contributed by atoms with Crippen molar-refractivity contribution in [1.29, 1.82) is 0 Å². The monoisotopic (exact) mass is 190 g/mol. The Morgan fingerprint density at radius 3 is 2.50 bits per heavy atom. The molecule has 2 heteroatoms. The van der Waals surface area contributed by atoms with Crippen LogP contribution < -0.4 is 0 Å². The zero-order valence-corrected chi connectivity index (χ0v) is 8.70. The van der Waals surface area contributed by atoms with Crippen LogP contribution in [0.25, 0.3) is 0 Å². The zero-order valence-electron chi connectivity index (χ0n) is 7.94. The summed E-state index contributed by atoms with van der Waals surface area (Å²) in [5.74, 6) is 0.820. The van der Waals surface area contributed by atoms with E-state index in [1.165, 1.54) is 25.7 Å². The smallest absolute Gasteiger partial charge is 0.0471 e. The number of hydrogen-bond acceptors (Lipinski definition) is 1. The van der Waals surface area contributed by atoms with Crippen molar-refractivity contribution in [3.63, 3.8) is 0 Å². The molecule has 1 fully saturated rings. The predicted octanol–water partition coefficient (Wildman–Crippen LogP) is 3.21. The summed E-state index contributed by atoms with van der Waals surface area (Å²) in [5, 5.41) is 0. The third-order valence-corrected chi connectivity index (χ3v) is 3.50. The molecule has 0 aromatic carbocycles. The summed E-state index contributed by atoms with van der Waals surface area (Å²) in [5.41, 5.74) is 0.427. The molecule has 0 radical (unpaired) electrons. The topological polar surface area (TPSA) is 9.23 Å². The molecule has 0 spiro atoms. The number of halogens is 1. The van der Waals surface area contributed by atoms with Crippen molar-refractivity contribution in [3.8, 4) is 0 Å². The summed E-state index contributed by atoms with van der Waals surface area (Å²) in [6, 6.07) is 0. The largest absolute Gasteiger partial charge is 0.382 e. The SMILES string of the molecule is CCOCCC1(CCl)CCCC1. The molecule has 0 unspecified atom stereocenters. The van der Waals surface area contributed by atoms with Gasteiger partial charge in [0.05, 0.1) is 0 Å². The second-order valence-corrected chi connectivity index (χ2v) is 4.05. The third-order valence-electron chi connectivity index (χ3n) is 2.93. The van der Waals surface area contributed by atoms with Gasteiger partial charge in [-0.3, -0.25) is 0 Å². The molecule has 0 amide bonds. The van der Waals surface area contributed by atoms with Gasteiger partial charge in [0.1, 0.15) is 0 Å². The fourth-order valence-corrected chi connectivity index (χ4v) is 2.41. The molecule has 1 rings (SSSR count). The minimum absolute atomic E-state index is 0.427. The molecule has 0 saturated heterocycles. The maximum atomic E-state index is 5.99. The quantitative estimate of drug-likeness (QED) is 0.478. The minimum Gasteiger partial charge on any atom is -0.382 e. The van der Waals surface area contributed by atoms with Gasteiger partial charge in [-0.05, 0) is 31.6 Å². The Morgan fingerprint density at radius 1 is 1.33 bits per heavy atom. The minimum atomic E-state index is 0.427. The van der Waals surface area contributed by atoms with E-state index in [-0.39, 0.29) is 0 Å². The Labute approximate surface area is 80.4 Å². The fraction of sp³-hybridized carbons (Fsp3) is 1.00. The first-order valence-corrected chi connectivity index (χ1v) is 5.50. The van der Waals surface area contributed by atoms with Gasteiger partial charge >= 0.3 is 0 Å². The van der Waals surface area contributed by atoms with Crippen LogP contribution >= 0.6 is 11.6 Å². The molecule has 1 aliphatic rings. The van der Waals surface area contributed by atoms with Crippen molar-refractivity contribution >= 4 is 11.6 Å². The Morgan fingerprint density at radius 2 is 2.00 bits per heavy atom. The number of ether oxygens (including phenoxy) is 1. The number of hydrogen-bond donors (Lipinski definition) is 0. The van der Waals surface area contributed by atoms with Gasteiger partial charge in [-0.1, -0.05) is 12.8 Å². The molecule has 0 N–H and O–H groups in total. The average Bonchev–Trinajstić information content (AvgIpc) is 2.55. The summed E-state index contributed by atoms with van der Waals surface area (Å²) in [6.07, 6.45) is 6.50. The molecule has 0 aromatic rings. The van der Waals surface area contributed by atoms with Crippen LogP contribution in [0.5, 0.6) is 0 Å². The second-order valence-electron chi connectivity index (χ2n) is 3.79. The highest BCUT2D eigenvalue weighted by Gasteiger charge is 2.32. The van der Waals surface area contributed by atoms with Crippen LogP contribution in [0.1, 0.15) is 39.0 Å². The first-order valence-electron chi connectivity index (χ1n) is 4.97. The van der Waals surface area contributed by atoms with Crippen molar-refractivity contribution in [2.24, 2.45) is 5.41 Å². The van der Waals surface area contributed by atoms with Gasteiger partial charge in [-0.2, -0.15) is 0 Å². The lowest BCUT2D eigenvalue weighted by Crippen LogP contribution is -2.20. The molecule has 72 valence electrons. The maximum absolute atomic E-state index is 5.99. The number of alkyl halides is 1. The highest BCUT2D eigenvalue weighted by Crippen LogP contribution is 2.41. The predicted molar refractivity (Wildman–Crippen MR) is 52.7 cm³/mol. The van der Waals surface area contributed by atoms with Crippen molar-refractivity contribution < 1.29 is 4.74 Å². The molecule has 0 bridgehead atoms. The van der Waals surface area contributed by atoms with Crippen molar-refractivity contribution in [2.75, 3.05) is 19.1 Å². The van der Waals surface area contributed by atoms with Crippen molar-refractivity contribution in [2.45, 2.75) is 39.0 Å².